The Balaban J connectivity index is 1.18. The molecule has 0 bridgehead atoms. The van der Waals surface area contributed by atoms with Gasteiger partial charge in [0.2, 0.25) is 0 Å². The Kier molecular flexibility index (Phi) is 6.80. The molecule has 5 nitrogen and oxygen atoms in total. The van der Waals surface area contributed by atoms with Crippen molar-refractivity contribution in [1.82, 2.24) is 14.7 Å². The van der Waals surface area contributed by atoms with Crippen LogP contribution in [0, 0.1) is 0 Å². The molecule has 0 saturated carbocycles. The fourth-order valence-electron chi connectivity index (χ4n) is 4.09. The third kappa shape index (κ3) is 5.58. The molecule has 29 heavy (non-hydrogen) atoms. The number of nitrogens with zero attached hydrogens (tertiary/aromatic N) is 3. The van der Waals surface area contributed by atoms with Crippen LogP contribution in [0.4, 0.5) is 0 Å². The first-order chi connectivity index (χ1) is 14.3. The quantitative estimate of drug-likeness (QED) is 0.724. The summed E-state index contributed by atoms with van der Waals surface area (Å²) in [5.41, 5.74) is 2.10. The zero-order valence-electron chi connectivity index (χ0n) is 17.1. The number of carbonyl (C=O) groups is 1. The Hall–Kier alpha value is -2.37. The third-order valence-electron chi connectivity index (χ3n) is 5.88. The lowest BCUT2D eigenvalue weighted by Gasteiger charge is -2.34. The van der Waals surface area contributed by atoms with Crippen LogP contribution in [0.25, 0.3) is 0 Å². The van der Waals surface area contributed by atoms with Gasteiger partial charge in [-0.1, -0.05) is 30.3 Å². The summed E-state index contributed by atoms with van der Waals surface area (Å²) in [6.07, 6.45) is 2.27. The molecule has 0 N–H and O–H groups in total. The molecule has 2 saturated heterocycles. The molecule has 0 unspecified atom stereocenters. The standard InChI is InChI=1S/C24H31N3O2/c28-24(27-12-4-5-13-27)22-10-8-21(9-11-22)20-26-16-14-25(15-17-26)18-19-29-23-6-2-1-3-7-23/h1-3,6-11H,4-5,12-20H2. The molecule has 2 aliphatic rings. The van der Waals surface area contributed by atoms with Crippen molar-refractivity contribution in [2.75, 3.05) is 52.4 Å². The summed E-state index contributed by atoms with van der Waals surface area (Å²) in [6.45, 7) is 8.74. The summed E-state index contributed by atoms with van der Waals surface area (Å²) in [4.78, 5) is 19.4. The maximum Gasteiger partial charge on any atom is 0.253 e. The lowest BCUT2D eigenvalue weighted by Crippen LogP contribution is -2.47. The molecule has 0 atom stereocenters. The van der Waals surface area contributed by atoms with Crippen molar-refractivity contribution >= 4 is 5.91 Å². The highest BCUT2D eigenvalue weighted by molar-refractivity contribution is 5.94. The number of amides is 1. The summed E-state index contributed by atoms with van der Waals surface area (Å²) < 4.78 is 5.81. The number of ether oxygens (including phenoxy) is 1. The molecule has 2 aromatic rings. The van der Waals surface area contributed by atoms with E-state index >= 15 is 0 Å². The van der Waals surface area contributed by atoms with Gasteiger partial charge in [0.05, 0.1) is 0 Å². The predicted octanol–water partition coefficient (Wildman–Crippen LogP) is 3.12. The van der Waals surface area contributed by atoms with E-state index in [0.717, 1.165) is 83.1 Å². The smallest absolute Gasteiger partial charge is 0.253 e. The van der Waals surface area contributed by atoms with Gasteiger partial charge in [0.25, 0.3) is 5.91 Å². The van der Waals surface area contributed by atoms with Crippen LogP contribution in [0.5, 0.6) is 5.75 Å². The minimum atomic E-state index is 0.181. The van der Waals surface area contributed by atoms with E-state index in [4.69, 9.17) is 4.74 Å². The van der Waals surface area contributed by atoms with Gasteiger partial charge in [0.15, 0.2) is 0 Å². The van der Waals surface area contributed by atoms with Crippen LogP contribution >= 0.6 is 0 Å². The Bertz CT molecular complexity index is 764. The molecule has 2 heterocycles. The summed E-state index contributed by atoms with van der Waals surface area (Å²) >= 11 is 0. The highest BCUT2D eigenvalue weighted by Gasteiger charge is 2.20. The van der Waals surface area contributed by atoms with Crippen molar-refractivity contribution in [1.29, 1.82) is 0 Å². The zero-order valence-corrected chi connectivity index (χ0v) is 17.1. The van der Waals surface area contributed by atoms with Gasteiger partial charge >= 0.3 is 0 Å². The van der Waals surface area contributed by atoms with E-state index in [0.29, 0.717) is 0 Å². The molecule has 4 rings (SSSR count). The van der Waals surface area contributed by atoms with Crippen LogP contribution in [0.3, 0.4) is 0 Å². The maximum absolute atomic E-state index is 12.5. The van der Waals surface area contributed by atoms with Crippen LogP contribution in [-0.2, 0) is 6.54 Å². The van der Waals surface area contributed by atoms with Crippen molar-refractivity contribution in [2.45, 2.75) is 19.4 Å². The van der Waals surface area contributed by atoms with E-state index in [9.17, 15) is 4.79 Å². The van der Waals surface area contributed by atoms with Gasteiger partial charge in [-0.2, -0.15) is 0 Å². The van der Waals surface area contributed by atoms with Crippen LogP contribution < -0.4 is 4.74 Å². The fourth-order valence-corrected chi connectivity index (χ4v) is 4.09. The normalized spacial score (nSPS) is 18.1. The van der Waals surface area contributed by atoms with E-state index in [1.54, 1.807) is 0 Å². The maximum atomic E-state index is 12.5. The van der Waals surface area contributed by atoms with Crippen LogP contribution in [0.2, 0.25) is 0 Å². The lowest BCUT2D eigenvalue weighted by molar-refractivity contribution is 0.0792. The Morgan fingerprint density at radius 3 is 2.14 bits per heavy atom. The number of hydrogen-bond acceptors (Lipinski definition) is 4. The largest absolute Gasteiger partial charge is 0.492 e. The first-order valence-corrected chi connectivity index (χ1v) is 10.8. The Labute approximate surface area is 173 Å². The molecule has 0 aromatic heterocycles. The topological polar surface area (TPSA) is 36.0 Å². The minimum Gasteiger partial charge on any atom is -0.492 e. The summed E-state index contributed by atoms with van der Waals surface area (Å²) in [5, 5.41) is 0. The van der Waals surface area contributed by atoms with Gasteiger partial charge in [-0.3, -0.25) is 14.6 Å². The van der Waals surface area contributed by atoms with Gasteiger partial charge in [-0.05, 0) is 42.7 Å². The second kappa shape index (κ2) is 9.90. The van der Waals surface area contributed by atoms with Crippen molar-refractivity contribution in [3.05, 3.63) is 65.7 Å². The number of hydrogen-bond donors (Lipinski definition) is 0. The highest BCUT2D eigenvalue weighted by Crippen LogP contribution is 2.15. The van der Waals surface area contributed by atoms with E-state index in [1.807, 2.05) is 47.4 Å². The number of rotatable bonds is 7. The van der Waals surface area contributed by atoms with Crippen LogP contribution in [-0.4, -0.2) is 73.0 Å². The van der Waals surface area contributed by atoms with E-state index in [-0.39, 0.29) is 5.91 Å². The first-order valence-electron chi connectivity index (χ1n) is 10.8. The van der Waals surface area contributed by atoms with E-state index in [2.05, 4.69) is 21.9 Å². The molecule has 0 radical (unpaired) electrons. The molecule has 0 spiro atoms. The van der Waals surface area contributed by atoms with Crippen LogP contribution in [0.15, 0.2) is 54.6 Å². The number of piperazine rings is 1. The average molecular weight is 394 g/mol. The van der Waals surface area contributed by atoms with E-state index < -0.39 is 0 Å². The Morgan fingerprint density at radius 2 is 1.45 bits per heavy atom. The number of likely N-dealkylation sites (tertiary alicyclic amines) is 1. The Morgan fingerprint density at radius 1 is 0.793 bits per heavy atom. The average Bonchev–Trinajstić information content (AvgIpc) is 3.31. The van der Waals surface area contributed by atoms with Gasteiger partial charge in [-0.15, -0.1) is 0 Å². The van der Waals surface area contributed by atoms with Crippen molar-refractivity contribution in [3.8, 4) is 5.75 Å². The molecule has 2 fully saturated rings. The minimum absolute atomic E-state index is 0.181. The number of carbonyl (C=O) groups excluding carboxylic acids is 1. The van der Waals surface area contributed by atoms with Gasteiger partial charge in [0.1, 0.15) is 12.4 Å². The zero-order chi connectivity index (χ0) is 19.9. The molecule has 1 amide bonds. The van der Waals surface area contributed by atoms with Gasteiger partial charge in [-0.25, -0.2) is 0 Å². The SMILES string of the molecule is O=C(c1ccc(CN2CCN(CCOc3ccccc3)CC2)cc1)N1CCCC1. The van der Waals surface area contributed by atoms with E-state index in [1.165, 1.54) is 5.56 Å². The van der Waals surface area contributed by atoms with Gasteiger partial charge < -0.3 is 9.64 Å². The summed E-state index contributed by atoms with van der Waals surface area (Å²) in [5.74, 6) is 1.12. The molecule has 5 heteroatoms. The molecule has 2 aliphatic heterocycles. The fraction of sp³-hybridized carbons (Fsp3) is 0.458. The molecular formula is C24H31N3O2. The van der Waals surface area contributed by atoms with Gasteiger partial charge in [0, 0.05) is 57.9 Å². The summed E-state index contributed by atoms with van der Waals surface area (Å²) in [6, 6.07) is 18.2. The van der Waals surface area contributed by atoms with Crippen LogP contribution in [0.1, 0.15) is 28.8 Å². The first kappa shape index (κ1) is 19.9. The molecule has 2 aromatic carbocycles. The number of para-hydroxylation sites is 1. The second-order valence-corrected chi connectivity index (χ2v) is 7.98. The number of benzene rings is 2. The third-order valence-corrected chi connectivity index (χ3v) is 5.88. The lowest BCUT2D eigenvalue weighted by atomic mass is 10.1. The van der Waals surface area contributed by atoms with Crippen molar-refractivity contribution < 1.29 is 9.53 Å². The predicted molar refractivity (Wildman–Crippen MR) is 115 cm³/mol. The summed E-state index contributed by atoms with van der Waals surface area (Å²) in [7, 11) is 0. The second-order valence-electron chi connectivity index (χ2n) is 7.98. The molecule has 154 valence electrons. The highest BCUT2D eigenvalue weighted by atomic mass is 16.5. The molecule has 0 aliphatic carbocycles. The van der Waals surface area contributed by atoms with Crippen molar-refractivity contribution in [3.63, 3.8) is 0 Å². The molecular weight excluding hydrogens is 362 g/mol. The van der Waals surface area contributed by atoms with Crippen molar-refractivity contribution in [2.24, 2.45) is 0 Å². The monoisotopic (exact) mass is 393 g/mol.